The number of methoxy groups -OCH3 is 1. The monoisotopic (exact) mass is 279 g/mol. The van der Waals surface area contributed by atoms with E-state index in [0.29, 0.717) is 17.8 Å². The Bertz CT molecular complexity index is 474. The van der Waals surface area contributed by atoms with E-state index in [0.717, 1.165) is 0 Å². The standard InChI is InChI=1S/C14H21N3O3/c1-9(2)7-12(13(18)20-3)17-14(19)16-11-6-4-5-10(15)8-11/h4-6,8-9,12H,7,15H2,1-3H3,(H2,16,17,19). The van der Waals surface area contributed by atoms with E-state index in [1.165, 1.54) is 7.11 Å². The van der Waals surface area contributed by atoms with Crippen LogP contribution >= 0.6 is 0 Å². The van der Waals surface area contributed by atoms with Crippen LogP contribution in [0.4, 0.5) is 16.2 Å². The van der Waals surface area contributed by atoms with E-state index in [9.17, 15) is 9.59 Å². The van der Waals surface area contributed by atoms with E-state index in [-0.39, 0.29) is 5.92 Å². The lowest BCUT2D eigenvalue weighted by Gasteiger charge is -2.18. The van der Waals surface area contributed by atoms with Gasteiger partial charge in [0.2, 0.25) is 0 Å². The number of nitrogens with one attached hydrogen (secondary N) is 2. The Hall–Kier alpha value is -2.24. The third kappa shape index (κ3) is 5.17. The van der Waals surface area contributed by atoms with Crippen molar-refractivity contribution >= 4 is 23.4 Å². The third-order valence-corrected chi connectivity index (χ3v) is 2.64. The van der Waals surface area contributed by atoms with E-state index in [2.05, 4.69) is 15.4 Å². The molecule has 0 saturated heterocycles. The van der Waals surface area contributed by atoms with Gasteiger partial charge in [0.05, 0.1) is 7.11 Å². The Kier molecular flexibility index (Phi) is 5.83. The number of amides is 2. The highest BCUT2D eigenvalue weighted by Gasteiger charge is 2.22. The molecule has 20 heavy (non-hydrogen) atoms. The van der Waals surface area contributed by atoms with Crippen molar-refractivity contribution in [1.82, 2.24) is 5.32 Å². The number of ether oxygens (including phenoxy) is 1. The van der Waals surface area contributed by atoms with Crippen LogP contribution in [0.15, 0.2) is 24.3 Å². The summed E-state index contributed by atoms with van der Waals surface area (Å²) in [6.07, 6.45) is 0.511. The number of carbonyl (C=O) groups is 2. The second-order valence-corrected chi connectivity index (χ2v) is 4.93. The fourth-order valence-corrected chi connectivity index (χ4v) is 1.77. The van der Waals surface area contributed by atoms with E-state index in [1.54, 1.807) is 24.3 Å². The van der Waals surface area contributed by atoms with Crippen LogP contribution in [0.3, 0.4) is 0 Å². The zero-order valence-electron chi connectivity index (χ0n) is 12.0. The van der Waals surface area contributed by atoms with Crippen molar-refractivity contribution in [3.05, 3.63) is 24.3 Å². The maximum Gasteiger partial charge on any atom is 0.328 e. The van der Waals surface area contributed by atoms with E-state index < -0.39 is 18.0 Å². The summed E-state index contributed by atoms with van der Waals surface area (Å²) < 4.78 is 4.68. The molecule has 0 aliphatic carbocycles. The zero-order valence-corrected chi connectivity index (χ0v) is 12.0. The van der Waals surface area contributed by atoms with E-state index in [4.69, 9.17) is 5.73 Å². The molecular weight excluding hydrogens is 258 g/mol. The minimum Gasteiger partial charge on any atom is -0.467 e. The molecule has 4 N–H and O–H groups in total. The molecule has 1 rings (SSSR count). The summed E-state index contributed by atoms with van der Waals surface area (Å²) in [5, 5.41) is 5.23. The van der Waals surface area contributed by atoms with Gasteiger partial charge in [-0.25, -0.2) is 9.59 Å². The van der Waals surface area contributed by atoms with Crippen molar-refractivity contribution in [3.63, 3.8) is 0 Å². The van der Waals surface area contributed by atoms with Crippen LogP contribution in [0.2, 0.25) is 0 Å². The van der Waals surface area contributed by atoms with Crippen molar-refractivity contribution in [1.29, 1.82) is 0 Å². The molecule has 0 heterocycles. The van der Waals surface area contributed by atoms with E-state index in [1.807, 2.05) is 13.8 Å². The number of nitrogens with two attached hydrogens (primary N) is 1. The fraction of sp³-hybridized carbons (Fsp3) is 0.429. The van der Waals surface area contributed by atoms with Crippen LogP contribution in [0.25, 0.3) is 0 Å². The molecule has 1 unspecified atom stereocenters. The van der Waals surface area contributed by atoms with Crippen LogP contribution in [-0.4, -0.2) is 25.2 Å². The summed E-state index contributed by atoms with van der Waals surface area (Å²) in [4.78, 5) is 23.5. The van der Waals surface area contributed by atoms with Crippen molar-refractivity contribution in [2.45, 2.75) is 26.3 Å². The summed E-state index contributed by atoms with van der Waals surface area (Å²) in [5.41, 5.74) is 6.74. The molecule has 6 heteroatoms. The fourth-order valence-electron chi connectivity index (χ4n) is 1.77. The summed E-state index contributed by atoms with van der Waals surface area (Å²) in [6.45, 7) is 3.93. The van der Waals surface area contributed by atoms with Gasteiger partial charge in [0, 0.05) is 11.4 Å². The Labute approximate surface area is 118 Å². The second-order valence-electron chi connectivity index (χ2n) is 4.93. The normalized spacial score (nSPS) is 11.8. The highest BCUT2D eigenvalue weighted by Crippen LogP contribution is 2.12. The molecule has 0 aliphatic heterocycles. The number of anilines is 2. The van der Waals surface area contributed by atoms with Gasteiger partial charge in [-0.1, -0.05) is 19.9 Å². The van der Waals surface area contributed by atoms with Gasteiger partial charge in [-0.3, -0.25) is 0 Å². The van der Waals surface area contributed by atoms with Gasteiger partial charge in [-0.05, 0) is 30.5 Å². The largest absolute Gasteiger partial charge is 0.467 e. The predicted molar refractivity (Wildman–Crippen MR) is 78.3 cm³/mol. The summed E-state index contributed by atoms with van der Waals surface area (Å²) in [7, 11) is 1.30. The number of esters is 1. The van der Waals surface area contributed by atoms with E-state index >= 15 is 0 Å². The van der Waals surface area contributed by atoms with Gasteiger partial charge < -0.3 is 21.1 Å². The smallest absolute Gasteiger partial charge is 0.328 e. The molecule has 0 aromatic heterocycles. The highest BCUT2D eigenvalue weighted by molar-refractivity contribution is 5.92. The molecule has 0 bridgehead atoms. The van der Waals surface area contributed by atoms with Crippen LogP contribution in [0.5, 0.6) is 0 Å². The molecule has 1 aromatic rings. The van der Waals surface area contributed by atoms with Gasteiger partial charge in [-0.2, -0.15) is 0 Å². The molecular formula is C14H21N3O3. The Morgan fingerprint density at radius 3 is 2.60 bits per heavy atom. The summed E-state index contributed by atoms with van der Waals surface area (Å²) >= 11 is 0. The summed E-state index contributed by atoms with van der Waals surface area (Å²) in [6, 6.07) is 5.67. The first-order valence-electron chi connectivity index (χ1n) is 6.43. The average Bonchev–Trinajstić information content (AvgIpc) is 2.36. The molecule has 110 valence electrons. The molecule has 0 saturated carbocycles. The van der Waals surface area contributed by atoms with Gasteiger partial charge in [-0.15, -0.1) is 0 Å². The van der Waals surface area contributed by atoms with Crippen molar-refractivity contribution < 1.29 is 14.3 Å². The Balaban J connectivity index is 2.64. The number of rotatable bonds is 5. The number of hydrogen-bond donors (Lipinski definition) is 3. The molecule has 1 atom stereocenters. The lowest BCUT2D eigenvalue weighted by Crippen LogP contribution is -2.44. The van der Waals surface area contributed by atoms with Gasteiger partial charge >= 0.3 is 12.0 Å². The van der Waals surface area contributed by atoms with Crippen LogP contribution in [-0.2, 0) is 9.53 Å². The second kappa shape index (κ2) is 7.37. The van der Waals surface area contributed by atoms with Crippen LogP contribution in [0.1, 0.15) is 20.3 Å². The molecule has 2 amide bonds. The average molecular weight is 279 g/mol. The van der Waals surface area contributed by atoms with Crippen LogP contribution < -0.4 is 16.4 Å². The number of carbonyl (C=O) groups excluding carboxylic acids is 2. The zero-order chi connectivity index (χ0) is 15.1. The predicted octanol–water partition coefficient (Wildman–Crippen LogP) is 1.98. The third-order valence-electron chi connectivity index (χ3n) is 2.64. The van der Waals surface area contributed by atoms with Gasteiger partial charge in [0.1, 0.15) is 6.04 Å². The summed E-state index contributed by atoms with van der Waals surface area (Å²) in [5.74, 6) is -0.201. The SMILES string of the molecule is COC(=O)C(CC(C)C)NC(=O)Nc1cccc(N)c1. The first kappa shape index (κ1) is 15.8. The molecule has 1 aromatic carbocycles. The van der Waals surface area contributed by atoms with Crippen molar-refractivity contribution in [2.24, 2.45) is 5.92 Å². The molecule has 6 nitrogen and oxygen atoms in total. The van der Waals surface area contributed by atoms with Gasteiger partial charge in [0.25, 0.3) is 0 Å². The van der Waals surface area contributed by atoms with Gasteiger partial charge in [0.15, 0.2) is 0 Å². The number of urea groups is 1. The maximum absolute atomic E-state index is 11.9. The first-order valence-corrected chi connectivity index (χ1v) is 6.43. The maximum atomic E-state index is 11.9. The van der Waals surface area contributed by atoms with Crippen LogP contribution in [0, 0.1) is 5.92 Å². The van der Waals surface area contributed by atoms with Crippen molar-refractivity contribution in [2.75, 3.05) is 18.2 Å². The first-order chi connectivity index (χ1) is 9.42. The number of benzene rings is 1. The number of nitrogen functional groups attached to an aromatic ring is 1. The minimum absolute atomic E-state index is 0.256. The lowest BCUT2D eigenvalue weighted by atomic mass is 10.0. The molecule has 0 fully saturated rings. The quantitative estimate of drug-likeness (QED) is 0.567. The lowest BCUT2D eigenvalue weighted by molar-refractivity contribution is -0.143. The highest BCUT2D eigenvalue weighted by atomic mass is 16.5. The molecule has 0 spiro atoms. The Morgan fingerprint density at radius 1 is 1.35 bits per heavy atom. The Morgan fingerprint density at radius 2 is 2.05 bits per heavy atom. The topological polar surface area (TPSA) is 93.4 Å². The molecule has 0 aliphatic rings. The minimum atomic E-state index is -0.666. The number of hydrogen-bond acceptors (Lipinski definition) is 4. The molecule has 0 radical (unpaired) electrons. The van der Waals surface area contributed by atoms with Crippen molar-refractivity contribution in [3.8, 4) is 0 Å².